The molecule has 2 aromatic carbocycles. The van der Waals surface area contributed by atoms with Gasteiger partial charge in [-0.25, -0.2) is 0 Å². The van der Waals surface area contributed by atoms with Crippen molar-refractivity contribution in [2.75, 3.05) is 49.3 Å². The lowest BCUT2D eigenvalue weighted by Crippen LogP contribution is -2.39. The summed E-state index contributed by atoms with van der Waals surface area (Å²) >= 11 is 3.27. The first-order valence-corrected chi connectivity index (χ1v) is 15.7. The predicted octanol–water partition coefficient (Wildman–Crippen LogP) is 3.86. The standard InChI is InChI=1S/C34H31BrN2O7/c35-26-18-27(39)31-25(32(26)40)17-24-21(29(31)22-3-1-2-4-28(22)44-16-13-38)9-10-23-30(24)34(42)37(33(23)41)20-7-5-19(6-8-20)36-11-14-43-15-12-36/h1-9,18,23-24,29-30,38H,10-17H2/t23-,24+,29+,30-/m0/s1. The Labute approximate surface area is 262 Å². The van der Waals surface area contributed by atoms with Crippen LogP contribution in [0.1, 0.15) is 24.3 Å². The first-order valence-electron chi connectivity index (χ1n) is 14.9. The van der Waals surface area contributed by atoms with Crippen LogP contribution in [-0.4, -0.2) is 68.0 Å². The highest BCUT2D eigenvalue weighted by Gasteiger charge is 2.57. The summed E-state index contributed by atoms with van der Waals surface area (Å²) in [4.78, 5) is 58.6. The molecule has 0 bridgehead atoms. The number of benzene rings is 2. The van der Waals surface area contributed by atoms with Gasteiger partial charge < -0.3 is 19.5 Å². The number of ketones is 2. The summed E-state index contributed by atoms with van der Waals surface area (Å²) in [6.07, 6.45) is 3.84. The third kappa shape index (κ3) is 4.67. The Morgan fingerprint density at radius 2 is 1.66 bits per heavy atom. The van der Waals surface area contributed by atoms with Gasteiger partial charge in [-0.2, -0.15) is 0 Å². The number of fused-ring (bicyclic) bond motifs is 3. The Morgan fingerprint density at radius 1 is 0.932 bits per heavy atom. The molecular formula is C34H31BrN2O7. The number of Topliss-reactive ketones (excluding diaryl/α,β-unsaturated/α-hetero) is 1. The topological polar surface area (TPSA) is 113 Å². The van der Waals surface area contributed by atoms with Gasteiger partial charge in [0.15, 0.2) is 11.6 Å². The van der Waals surface area contributed by atoms with Gasteiger partial charge in [-0.15, -0.1) is 0 Å². The van der Waals surface area contributed by atoms with E-state index in [1.807, 2.05) is 48.5 Å². The summed E-state index contributed by atoms with van der Waals surface area (Å²) in [5.41, 5.74) is 3.81. The van der Waals surface area contributed by atoms with Crippen molar-refractivity contribution in [1.29, 1.82) is 0 Å². The van der Waals surface area contributed by atoms with E-state index in [0.717, 1.165) is 24.4 Å². The second-order valence-electron chi connectivity index (χ2n) is 11.6. The number of morpholine rings is 1. The van der Waals surface area contributed by atoms with Gasteiger partial charge in [-0.05, 0) is 65.0 Å². The average Bonchev–Trinajstić information content (AvgIpc) is 3.31. The van der Waals surface area contributed by atoms with Gasteiger partial charge in [0.25, 0.3) is 0 Å². The molecular weight excluding hydrogens is 628 g/mol. The molecule has 2 heterocycles. The number of hydrogen-bond acceptors (Lipinski definition) is 8. The van der Waals surface area contributed by atoms with E-state index in [0.29, 0.717) is 47.8 Å². The van der Waals surface area contributed by atoms with Crippen molar-refractivity contribution >= 4 is 50.7 Å². The summed E-state index contributed by atoms with van der Waals surface area (Å²) in [5.74, 6) is -2.91. The summed E-state index contributed by atoms with van der Waals surface area (Å²) in [7, 11) is 0. The van der Waals surface area contributed by atoms with Crippen LogP contribution < -0.4 is 14.5 Å². The minimum atomic E-state index is -0.670. The van der Waals surface area contributed by atoms with Crippen molar-refractivity contribution in [3.05, 3.63) is 87.4 Å². The van der Waals surface area contributed by atoms with Crippen LogP contribution in [0.4, 0.5) is 11.4 Å². The van der Waals surface area contributed by atoms with Gasteiger partial charge in [0.1, 0.15) is 12.4 Å². The molecule has 0 radical (unpaired) electrons. The van der Waals surface area contributed by atoms with E-state index >= 15 is 0 Å². The molecule has 9 nitrogen and oxygen atoms in total. The van der Waals surface area contributed by atoms with Crippen LogP contribution in [0.25, 0.3) is 0 Å². The van der Waals surface area contributed by atoms with Crippen molar-refractivity contribution in [1.82, 2.24) is 0 Å². The number of imide groups is 1. The minimum absolute atomic E-state index is 0.0629. The lowest BCUT2D eigenvalue weighted by molar-refractivity contribution is -0.123. The minimum Gasteiger partial charge on any atom is -0.491 e. The molecule has 0 aromatic heterocycles. The molecule has 3 aliphatic carbocycles. The number of ether oxygens (including phenoxy) is 2. The Balaban J connectivity index is 1.27. The van der Waals surface area contributed by atoms with Crippen molar-refractivity contribution in [3.63, 3.8) is 0 Å². The van der Waals surface area contributed by atoms with E-state index < -0.39 is 23.7 Å². The molecule has 4 atom stereocenters. The van der Waals surface area contributed by atoms with Crippen LogP contribution in [0, 0.1) is 17.8 Å². The molecule has 2 fully saturated rings. The highest BCUT2D eigenvalue weighted by atomic mass is 79.9. The summed E-state index contributed by atoms with van der Waals surface area (Å²) < 4.78 is 11.5. The number of allylic oxidation sites excluding steroid dienone is 6. The third-order valence-corrected chi connectivity index (χ3v) is 9.98. The van der Waals surface area contributed by atoms with Crippen molar-refractivity contribution < 1.29 is 33.8 Å². The quantitative estimate of drug-likeness (QED) is 0.283. The molecule has 2 amide bonds. The molecule has 2 aromatic rings. The molecule has 2 saturated heterocycles. The highest BCUT2D eigenvalue weighted by Crippen LogP contribution is 2.56. The van der Waals surface area contributed by atoms with E-state index in [4.69, 9.17) is 9.47 Å². The zero-order chi connectivity index (χ0) is 30.5. The molecule has 0 saturated carbocycles. The number of nitrogens with zero attached hydrogens (tertiary/aromatic N) is 2. The SMILES string of the molecule is O=C1C=C(Br)C(=O)C2=C1[C@@H](c1ccccc1OCCO)C1=CC[C@@H]3C(=O)N(c4ccc(N5CCOCC5)cc4)C(=O)[C@@H]3[C@@H]1C2. The molecule has 2 aliphatic heterocycles. The van der Waals surface area contributed by atoms with Crippen LogP contribution in [0.2, 0.25) is 0 Å². The van der Waals surface area contributed by atoms with E-state index in [9.17, 15) is 24.3 Å². The number of rotatable bonds is 6. The smallest absolute Gasteiger partial charge is 0.238 e. The molecule has 0 unspecified atom stereocenters. The van der Waals surface area contributed by atoms with Gasteiger partial charge in [-0.1, -0.05) is 29.8 Å². The van der Waals surface area contributed by atoms with Gasteiger partial charge in [0, 0.05) is 47.5 Å². The largest absolute Gasteiger partial charge is 0.491 e. The summed E-state index contributed by atoms with van der Waals surface area (Å²) in [6.45, 7) is 2.75. The summed E-state index contributed by atoms with van der Waals surface area (Å²) in [5, 5.41) is 9.43. The Bertz CT molecular complexity index is 1650. The van der Waals surface area contributed by atoms with Crippen LogP contribution in [0.5, 0.6) is 5.75 Å². The second-order valence-corrected chi connectivity index (χ2v) is 12.5. The van der Waals surface area contributed by atoms with Crippen LogP contribution in [0.15, 0.2) is 81.9 Å². The maximum Gasteiger partial charge on any atom is 0.238 e. The normalized spacial score (nSPS) is 26.7. The number of hydrogen-bond donors (Lipinski definition) is 1. The average molecular weight is 660 g/mol. The number of anilines is 2. The molecule has 1 N–H and O–H groups in total. The van der Waals surface area contributed by atoms with E-state index in [1.54, 1.807) is 6.07 Å². The van der Waals surface area contributed by atoms with Gasteiger partial charge in [-0.3, -0.25) is 24.1 Å². The Kier molecular flexibility index (Phi) is 7.60. The summed E-state index contributed by atoms with van der Waals surface area (Å²) in [6, 6.07) is 14.8. The van der Waals surface area contributed by atoms with E-state index in [1.165, 1.54) is 11.0 Å². The maximum absolute atomic E-state index is 14.2. The van der Waals surface area contributed by atoms with Crippen LogP contribution in [-0.2, 0) is 23.9 Å². The monoisotopic (exact) mass is 658 g/mol. The highest BCUT2D eigenvalue weighted by molar-refractivity contribution is 9.12. The number of amides is 2. The molecule has 44 heavy (non-hydrogen) atoms. The number of carbonyl (C=O) groups is 4. The zero-order valence-electron chi connectivity index (χ0n) is 23.9. The van der Waals surface area contributed by atoms with Crippen LogP contribution >= 0.6 is 15.9 Å². The van der Waals surface area contributed by atoms with E-state index in [2.05, 4.69) is 20.8 Å². The third-order valence-electron chi connectivity index (χ3n) is 9.39. The lowest BCUT2D eigenvalue weighted by Gasteiger charge is -2.42. The number of aliphatic hydroxyl groups excluding tert-OH is 1. The fourth-order valence-electron chi connectivity index (χ4n) is 7.46. The molecule has 7 rings (SSSR count). The number of aliphatic hydroxyl groups is 1. The Morgan fingerprint density at radius 3 is 2.41 bits per heavy atom. The Hall–Kier alpha value is -3.86. The number of para-hydroxylation sites is 1. The number of carbonyl (C=O) groups excluding carboxylic acids is 4. The van der Waals surface area contributed by atoms with Gasteiger partial charge in [0.2, 0.25) is 11.8 Å². The molecule has 10 heteroatoms. The van der Waals surface area contributed by atoms with E-state index in [-0.39, 0.29) is 47.5 Å². The second kappa shape index (κ2) is 11.6. The van der Waals surface area contributed by atoms with Gasteiger partial charge in [0.05, 0.1) is 41.8 Å². The van der Waals surface area contributed by atoms with Crippen LogP contribution in [0.3, 0.4) is 0 Å². The first kappa shape index (κ1) is 28.9. The van der Waals surface area contributed by atoms with Crippen molar-refractivity contribution in [2.45, 2.75) is 18.8 Å². The lowest BCUT2D eigenvalue weighted by atomic mass is 9.59. The molecule has 5 aliphatic rings. The van der Waals surface area contributed by atoms with Gasteiger partial charge >= 0.3 is 0 Å². The fourth-order valence-corrected chi connectivity index (χ4v) is 7.90. The molecule has 0 spiro atoms. The maximum atomic E-state index is 14.2. The first-order chi connectivity index (χ1) is 21.4. The molecule has 226 valence electrons. The zero-order valence-corrected chi connectivity index (χ0v) is 25.5. The number of halogens is 1. The van der Waals surface area contributed by atoms with Crippen molar-refractivity contribution in [2.24, 2.45) is 17.8 Å². The van der Waals surface area contributed by atoms with Crippen molar-refractivity contribution in [3.8, 4) is 5.75 Å². The fraction of sp³-hybridized carbons (Fsp3) is 0.353. The predicted molar refractivity (Wildman–Crippen MR) is 166 cm³/mol.